The van der Waals surface area contributed by atoms with Gasteiger partial charge in [-0.1, -0.05) is 31.4 Å². The van der Waals surface area contributed by atoms with Crippen LogP contribution in [0.25, 0.3) is 21.0 Å². The number of nitrogens with zero attached hydrogens (tertiary/aromatic N) is 4. The molecule has 2 aliphatic carbocycles. The van der Waals surface area contributed by atoms with Gasteiger partial charge in [-0.2, -0.15) is 10.5 Å². The lowest BCUT2D eigenvalue weighted by molar-refractivity contribution is -0.126. The number of amides is 1. The van der Waals surface area contributed by atoms with Gasteiger partial charge in [0, 0.05) is 37.9 Å². The number of nitrogens with one attached hydrogen (secondary N) is 1. The third kappa shape index (κ3) is 7.15. The van der Waals surface area contributed by atoms with Crippen LogP contribution in [0.2, 0.25) is 0 Å². The predicted molar refractivity (Wildman–Crippen MR) is 163 cm³/mol. The molecule has 0 spiro atoms. The Morgan fingerprint density at radius 2 is 1.76 bits per heavy atom. The Morgan fingerprint density at radius 3 is 2.38 bits per heavy atom. The van der Waals surface area contributed by atoms with Crippen molar-refractivity contribution >= 4 is 32.8 Å². The van der Waals surface area contributed by atoms with Crippen molar-refractivity contribution in [1.29, 1.82) is 10.5 Å². The van der Waals surface area contributed by atoms with Crippen LogP contribution in [0.4, 0.5) is 10.1 Å². The van der Waals surface area contributed by atoms with Crippen LogP contribution < -0.4 is 10.2 Å². The van der Waals surface area contributed by atoms with E-state index in [9.17, 15) is 22.9 Å². The van der Waals surface area contributed by atoms with E-state index in [0.29, 0.717) is 23.7 Å². The zero-order chi connectivity index (χ0) is 29.7. The van der Waals surface area contributed by atoms with Crippen molar-refractivity contribution in [1.82, 2.24) is 10.3 Å². The summed E-state index contributed by atoms with van der Waals surface area (Å²) in [5, 5.41) is 21.6. The first-order valence-electron chi connectivity index (χ1n) is 14.2. The number of sulfone groups is 1. The van der Waals surface area contributed by atoms with E-state index < -0.39 is 21.2 Å². The topological polar surface area (TPSA) is 127 Å². The number of rotatable bonds is 5. The highest BCUT2D eigenvalue weighted by molar-refractivity contribution is 7.91. The number of hydrogen-bond donors (Lipinski definition) is 1. The van der Waals surface area contributed by atoms with E-state index in [1.807, 2.05) is 30.3 Å². The van der Waals surface area contributed by atoms with Crippen LogP contribution in [0.1, 0.15) is 51.9 Å². The van der Waals surface area contributed by atoms with Gasteiger partial charge in [0.2, 0.25) is 5.91 Å². The number of anilines is 1. The number of hydrogen-bond acceptors (Lipinski definition) is 8. The Kier molecular flexibility index (Phi) is 8.91. The molecule has 42 heavy (non-hydrogen) atoms. The van der Waals surface area contributed by atoms with E-state index in [2.05, 4.69) is 21.3 Å². The SMILES string of the molecule is N#CC1(NC(=O)C2CCCCC2)CC1.N#Cc1cc(F)ccc1-c1ncc(-c2ccc(N3CCS(=O)(=O)CC3)cc2)s1.[HH]. The molecule has 2 aromatic carbocycles. The standard InChI is InChI=1S/C20H16FN3O2S2.C11H16N2O.H2/c21-16-3-6-18(15(11-16)12-22)20-23-13-19(27-20)14-1-4-17(5-2-14)24-7-9-28(25,26)10-8-24;12-8-11(6-7-11)13-10(14)9-4-2-1-3-5-9;/h1-6,11,13H,7-10H2;9H,1-7H2,(H,13,14);1H. The lowest BCUT2D eigenvalue weighted by atomic mass is 9.88. The van der Waals surface area contributed by atoms with Crippen LogP contribution in [0.3, 0.4) is 0 Å². The second-order valence-corrected chi connectivity index (χ2v) is 14.4. The van der Waals surface area contributed by atoms with Gasteiger partial charge in [0.05, 0.1) is 34.1 Å². The molecule has 3 aromatic rings. The number of thiazole rings is 1. The summed E-state index contributed by atoms with van der Waals surface area (Å²) in [6.45, 7) is 1.02. The van der Waals surface area contributed by atoms with E-state index in [-0.39, 0.29) is 30.3 Å². The minimum absolute atomic E-state index is 0. The molecule has 1 N–H and O–H groups in total. The molecular weight excluding hydrogens is 574 g/mol. The van der Waals surface area contributed by atoms with Crippen LogP contribution in [0.15, 0.2) is 48.7 Å². The maximum absolute atomic E-state index is 13.3. The average Bonchev–Trinajstić information content (AvgIpc) is 3.61. The second-order valence-electron chi connectivity index (χ2n) is 11.0. The Labute approximate surface area is 251 Å². The fourth-order valence-corrected chi connectivity index (χ4v) is 7.39. The van der Waals surface area contributed by atoms with Gasteiger partial charge in [-0.15, -0.1) is 11.3 Å². The van der Waals surface area contributed by atoms with Crippen LogP contribution in [-0.4, -0.2) is 49.4 Å². The molecule has 3 fully saturated rings. The van der Waals surface area contributed by atoms with E-state index in [1.165, 1.54) is 29.9 Å². The molecule has 1 aliphatic heterocycles. The maximum Gasteiger partial charge on any atom is 0.224 e. The minimum atomic E-state index is -2.90. The van der Waals surface area contributed by atoms with Gasteiger partial charge in [-0.3, -0.25) is 4.79 Å². The monoisotopic (exact) mass is 607 g/mol. The quantitative estimate of drug-likeness (QED) is 0.394. The number of carbonyl (C=O) groups is 1. The lowest BCUT2D eigenvalue weighted by Crippen LogP contribution is -2.40. The van der Waals surface area contributed by atoms with Crippen molar-refractivity contribution in [3.63, 3.8) is 0 Å². The lowest BCUT2D eigenvalue weighted by Gasteiger charge is -2.28. The molecule has 0 radical (unpaired) electrons. The molecule has 0 unspecified atom stereocenters. The molecule has 1 aromatic heterocycles. The van der Waals surface area contributed by atoms with Gasteiger partial charge in [-0.25, -0.2) is 17.8 Å². The van der Waals surface area contributed by atoms with Crippen molar-refractivity contribution in [2.45, 2.75) is 50.5 Å². The molecular formula is C31H34FN5O3S2. The summed E-state index contributed by atoms with van der Waals surface area (Å²) in [6, 6.07) is 16.2. The first kappa shape index (κ1) is 29.7. The van der Waals surface area contributed by atoms with Gasteiger partial charge in [0.1, 0.15) is 16.4 Å². The summed E-state index contributed by atoms with van der Waals surface area (Å²) in [7, 11) is -2.90. The highest BCUT2D eigenvalue weighted by Crippen LogP contribution is 2.36. The number of nitriles is 2. The van der Waals surface area contributed by atoms with Crippen molar-refractivity contribution in [2.75, 3.05) is 29.5 Å². The van der Waals surface area contributed by atoms with Gasteiger partial charge in [0.15, 0.2) is 9.84 Å². The van der Waals surface area contributed by atoms with E-state index in [4.69, 9.17) is 5.26 Å². The molecule has 220 valence electrons. The Bertz CT molecular complexity index is 1620. The van der Waals surface area contributed by atoms with E-state index in [1.54, 1.807) is 12.3 Å². The van der Waals surface area contributed by atoms with Crippen molar-refractivity contribution in [2.24, 2.45) is 5.92 Å². The Morgan fingerprint density at radius 1 is 1.07 bits per heavy atom. The molecule has 11 heteroatoms. The molecule has 2 heterocycles. The van der Waals surface area contributed by atoms with Crippen LogP contribution in [-0.2, 0) is 14.6 Å². The van der Waals surface area contributed by atoms with E-state index in [0.717, 1.165) is 54.7 Å². The van der Waals surface area contributed by atoms with Gasteiger partial charge >= 0.3 is 0 Å². The third-order valence-corrected chi connectivity index (χ3v) is 10.7. The Hall–Kier alpha value is -3.80. The van der Waals surface area contributed by atoms with Crippen LogP contribution in [0, 0.1) is 34.4 Å². The highest BCUT2D eigenvalue weighted by atomic mass is 32.2. The van der Waals surface area contributed by atoms with E-state index >= 15 is 0 Å². The number of halogens is 1. The van der Waals surface area contributed by atoms with Gasteiger partial charge < -0.3 is 10.2 Å². The second kappa shape index (κ2) is 12.6. The zero-order valence-electron chi connectivity index (χ0n) is 23.2. The van der Waals surface area contributed by atoms with Gasteiger partial charge in [-0.05, 0) is 61.6 Å². The number of aromatic nitrogens is 1. The first-order chi connectivity index (χ1) is 20.2. The van der Waals surface area contributed by atoms with Crippen molar-refractivity contribution < 1.29 is 19.0 Å². The Balaban J connectivity index is 0.000000238. The number of benzene rings is 2. The molecule has 6 rings (SSSR count). The predicted octanol–water partition coefficient (Wildman–Crippen LogP) is 5.71. The molecule has 2 saturated carbocycles. The minimum Gasteiger partial charge on any atom is -0.369 e. The summed E-state index contributed by atoms with van der Waals surface area (Å²) in [5.41, 5.74) is 2.38. The average molecular weight is 608 g/mol. The summed E-state index contributed by atoms with van der Waals surface area (Å²) in [4.78, 5) is 19.2. The fourth-order valence-electron chi connectivity index (χ4n) is 5.23. The summed E-state index contributed by atoms with van der Waals surface area (Å²) < 4.78 is 36.5. The largest absolute Gasteiger partial charge is 0.369 e. The summed E-state index contributed by atoms with van der Waals surface area (Å²) >= 11 is 1.44. The highest BCUT2D eigenvalue weighted by Gasteiger charge is 2.45. The summed E-state index contributed by atoms with van der Waals surface area (Å²) in [6.07, 6.45) is 9.01. The molecule has 1 amide bonds. The van der Waals surface area contributed by atoms with Gasteiger partial charge in [0.25, 0.3) is 0 Å². The third-order valence-electron chi connectivity index (χ3n) is 8.00. The molecule has 8 nitrogen and oxygen atoms in total. The first-order valence-corrected chi connectivity index (χ1v) is 16.8. The number of carbonyl (C=O) groups excluding carboxylic acids is 1. The van der Waals surface area contributed by atoms with Crippen molar-refractivity contribution in [3.8, 4) is 33.2 Å². The molecule has 3 aliphatic rings. The van der Waals surface area contributed by atoms with Crippen molar-refractivity contribution in [3.05, 3.63) is 60.0 Å². The van der Waals surface area contributed by atoms with Crippen LogP contribution in [0.5, 0.6) is 0 Å². The zero-order valence-corrected chi connectivity index (χ0v) is 24.8. The fraction of sp³-hybridized carbons (Fsp3) is 0.419. The molecule has 1 saturated heterocycles. The smallest absolute Gasteiger partial charge is 0.224 e. The molecule has 0 bridgehead atoms. The molecule has 0 atom stereocenters. The maximum atomic E-state index is 13.3. The van der Waals surface area contributed by atoms with Crippen LogP contribution >= 0.6 is 11.3 Å². The normalized spacial score (nSPS) is 19.0. The summed E-state index contributed by atoms with van der Waals surface area (Å²) in [5.74, 6) is 0.217.